The molecule has 3 nitrogen and oxygen atoms in total. The largest absolute Gasteiger partial charge is 0.352 e. The van der Waals surface area contributed by atoms with E-state index >= 15 is 0 Å². The Labute approximate surface area is 96.9 Å². The third-order valence-corrected chi connectivity index (χ3v) is 1.74. The highest BCUT2D eigenvalue weighted by molar-refractivity contribution is 5.96. The number of ketones is 1. The number of benzene rings is 1. The molecule has 0 radical (unpaired) electrons. The van der Waals surface area contributed by atoms with Gasteiger partial charge in [0.1, 0.15) is 5.78 Å². The molecule has 1 aromatic rings. The Morgan fingerprint density at radius 1 is 1.12 bits per heavy atom. The third-order valence-electron chi connectivity index (χ3n) is 1.74. The minimum absolute atomic E-state index is 0.0349. The highest BCUT2D eigenvalue weighted by Crippen LogP contribution is 1.97. The van der Waals surface area contributed by atoms with Gasteiger partial charge in [-0.1, -0.05) is 44.2 Å². The summed E-state index contributed by atoms with van der Waals surface area (Å²) in [4.78, 5) is 21.7. The van der Waals surface area contributed by atoms with Crippen molar-refractivity contribution >= 4 is 11.7 Å². The van der Waals surface area contributed by atoms with Crippen molar-refractivity contribution in [3.8, 4) is 0 Å². The second kappa shape index (κ2) is 8.65. The fourth-order valence-electron chi connectivity index (χ4n) is 1.09. The monoisotopic (exact) mass is 221 g/mol. The van der Waals surface area contributed by atoms with E-state index in [-0.39, 0.29) is 18.1 Å². The first-order valence-corrected chi connectivity index (χ1v) is 5.48. The van der Waals surface area contributed by atoms with E-state index in [2.05, 4.69) is 5.32 Å². The summed E-state index contributed by atoms with van der Waals surface area (Å²) in [5, 5.41) is 2.67. The van der Waals surface area contributed by atoms with Crippen LogP contribution in [0.5, 0.6) is 0 Å². The molecule has 0 saturated heterocycles. The molecule has 16 heavy (non-hydrogen) atoms. The van der Waals surface area contributed by atoms with Crippen LogP contribution in [0.15, 0.2) is 30.3 Å². The van der Waals surface area contributed by atoms with E-state index in [1.54, 1.807) is 0 Å². The van der Waals surface area contributed by atoms with Crippen LogP contribution in [-0.2, 0) is 16.1 Å². The number of hydrogen-bond donors (Lipinski definition) is 1. The second-order valence-electron chi connectivity index (χ2n) is 3.14. The van der Waals surface area contributed by atoms with Crippen molar-refractivity contribution in [2.24, 2.45) is 0 Å². The van der Waals surface area contributed by atoms with Crippen molar-refractivity contribution in [2.45, 2.75) is 33.7 Å². The molecule has 1 aromatic carbocycles. The lowest BCUT2D eigenvalue weighted by molar-refractivity contribution is -0.127. The molecule has 0 spiro atoms. The maximum absolute atomic E-state index is 11.1. The first-order chi connectivity index (χ1) is 7.68. The van der Waals surface area contributed by atoms with Crippen LogP contribution < -0.4 is 5.32 Å². The smallest absolute Gasteiger partial charge is 0.227 e. The lowest BCUT2D eigenvalue weighted by Gasteiger charge is -2.03. The Morgan fingerprint density at radius 2 is 1.69 bits per heavy atom. The number of rotatable bonds is 4. The van der Waals surface area contributed by atoms with Crippen molar-refractivity contribution in [3.63, 3.8) is 0 Å². The van der Waals surface area contributed by atoms with Gasteiger partial charge in [-0.3, -0.25) is 9.59 Å². The lowest BCUT2D eigenvalue weighted by atomic mass is 10.2. The van der Waals surface area contributed by atoms with E-state index in [0.29, 0.717) is 6.54 Å². The van der Waals surface area contributed by atoms with Gasteiger partial charge in [0.25, 0.3) is 0 Å². The van der Waals surface area contributed by atoms with Gasteiger partial charge in [-0.2, -0.15) is 0 Å². The summed E-state index contributed by atoms with van der Waals surface area (Å²) in [6, 6.07) is 9.59. The van der Waals surface area contributed by atoms with E-state index in [1.807, 2.05) is 44.2 Å². The number of hydrogen-bond acceptors (Lipinski definition) is 2. The lowest BCUT2D eigenvalue weighted by Crippen LogP contribution is -2.24. The first-order valence-electron chi connectivity index (χ1n) is 5.48. The maximum Gasteiger partial charge on any atom is 0.227 e. The number of Topliss-reactive ketones (excluding diaryl/α,β-unsaturated/α-hetero) is 1. The number of carbonyl (C=O) groups excluding carboxylic acids is 2. The molecule has 0 aliphatic rings. The van der Waals surface area contributed by atoms with Crippen molar-refractivity contribution in [1.29, 1.82) is 0 Å². The molecule has 1 amide bonds. The Hall–Kier alpha value is -1.64. The minimum Gasteiger partial charge on any atom is -0.352 e. The summed E-state index contributed by atoms with van der Waals surface area (Å²) < 4.78 is 0. The maximum atomic E-state index is 11.1. The van der Waals surface area contributed by atoms with Gasteiger partial charge in [0.05, 0.1) is 6.42 Å². The molecule has 0 aliphatic carbocycles. The zero-order chi connectivity index (χ0) is 12.4. The Morgan fingerprint density at radius 3 is 2.19 bits per heavy atom. The standard InChI is InChI=1S/C11H13NO2.C2H6/c1-9(13)7-11(14)12-8-10-5-3-2-4-6-10;1-2/h2-6H,7-8H2,1H3,(H,12,14);1-2H3. The van der Waals surface area contributed by atoms with Crippen LogP contribution in [0.2, 0.25) is 0 Å². The number of nitrogens with one attached hydrogen (secondary N) is 1. The molecule has 0 heterocycles. The van der Waals surface area contributed by atoms with Crippen molar-refractivity contribution in [1.82, 2.24) is 5.32 Å². The van der Waals surface area contributed by atoms with E-state index in [0.717, 1.165) is 5.56 Å². The SMILES string of the molecule is CC.CC(=O)CC(=O)NCc1ccccc1. The summed E-state index contributed by atoms with van der Waals surface area (Å²) in [6.07, 6.45) is -0.0349. The van der Waals surface area contributed by atoms with Crippen LogP contribution in [0, 0.1) is 0 Å². The summed E-state index contributed by atoms with van der Waals surface area (Å²) in [5.74, 6) is -0.336. The number of carbonyl (C=O) groups is 2. The molecule has 0 atom stereocenters. The first kappa shape index (κ1) is 14.4. The fraction of sp³-hybridized carbons (Fsp3) is 0.385. The molecule has 3 heteroatoms. The van der Waals surface area contributed by atoms with Gasteiger partial charge in [-0.05, 0) is 12.5 Å². The van der Waals surface area contributed by atoms with Crippen LogP contribution in [-0.4, -0.2) is 11.7 Å². The molecule has 0 aromatic heterocycles. The van der Waals surface area contributed by atoms with E-state index in [9.17, 15) is 9.59 Å². The van der Waals surface area contributed by atoms with Crippen molar-refractivity contribution in [3.05, 3.63) is 35.9 Å². The van der Waals surface area contributed by atoms with Gasteiger partial charge in [0.2, 0.25) is 5.91 Å². The molecule has 0 saturated carbocycles. The Bertz CT molecular complexity index is 320. The minimum atomic E-state index is -0.221. The van der Waals surface area contributed by atoms with Crippen LogP contribution in [0.3, 0.4) is 0 Å². The summed E-state index contributed by atoms with van der Waals surface area (Å²) in [5.41, 5.74) is 1.03. The summed E-state index contributed by atoms with van der Waals surface area (Å²) in [7, 11) is 0. The molecule has 0 unspecified atom stereocenters. The highest BCUT2D eigenvalue weighted by atomic mass is 16.2. The van der Waals surface area contributed by atoms with Crippen LogP contribution >= 0.6 is 0 Å². The van der Waals surface area contributed by atoms with Crippen LogP contribution in [0.4, 0.5) is 0 Å². The Kier molecular flexibility index (Phi) is 7.76. The number of amides is 1. The zero-order valence-electron chi connectivity index (χ0n) is 10.1. The predicted octanol–water partition coefficient (Wildman–Crippen LogP) is 2.31. The van der Waals surface area contributed by atoms with Gasteiger partial charge in [-0.25, -0.2) is 0 Å². The fourth-order valence-corrected chi connectivity index (χ4v) is 1.09. The molecule has 1 N–H and O–H groups in total. The molecule has 1 rings (SSSR count). The average molecular weight is 221 g/mol. The predicted molar refractivity (Wildman–Crippen MR) is 64.9 cm³/mol. The zero-order valence-corrected chi connectivity index (χ0v) is 10.1. The molecular formula is C13H19NO2. The molecule has 0 aliphatic heterocycles. The van der Waals surface area contributed by atoms with Crippen LogP contribution in [0.1, 0.15) is 32.8 Å². The Balaban J connectivity index is 0.00000106. The van der Waals surface area contributed by atoms with Gasteiger partial charge in [0, 0.05) is 6.54 Å². The molecular weight excluding hydrogens is 202 g/mol. The normalized spacial score (nSPS) is 8.69. The summed E-state index contributed by atoms with van der Waals surface area (Å²) in [6.45, 7) is 5.88. The highest BCUT2D eigenvalue weighted by Gasteiger charge is 2.03. The van der Waals surface area contributed by atoms with Crippen LogP contribution in [0.25, 0.3) is 0 Å². The van der Waals surface area contributed by atoms with Gasteiger partial charge in [0.15, 0.2) is 0 Å². The van der Waals surface area contributed by atoms with E-state index in [1.165, 1.54) is 6.92 Å². The van der Waals surface area contributed by atoms with Crippen molar-refractivity contribution in [2.75, 3.05) is 0 Å². The molecule has 88 valence electrons. The van der Waals surface area contributed by atoms with E-state index < -0.39 is 0 Å². The van der Waals surface area contributed by atoms with Gasteiger partial charge < -0.3 is 5.32 Å². The molecule has 0 bridgehead atoms. The average Bonchev–Trinajstić information content (AvgIpc) is 2.30. The van der Waals surface area contributed by atoms with E-state index in [4.69, 9.17) is 0 Å². The quantitative estimate of drug-likeness (QED) is 0.793. The third kappa shape index (κ3) is 6.76. The second-order valence-corrected chi connectivity index (χ2v) is 3.14. The van der Waals surface area contributed by atoms with Gasteiger partial charge >= 0.3 is 0 Å². The topological polar surface area (TPSA) is 46.2 Å². The van der Waals surface area contributed by atoms with Gasteiger partial charge in [-0.15, -0.1) is 0 Å². The van der Waals surface area contributed by atoms with Crippen molar-refractivity contribution < 1.29 is 9.59 Å². The molecule has 0 fully saturated rings. The summed E-state index contributed by atoms with van der Waals surface area (Å²) >= 11 is 0.